The molecule has 0 atom stereocenters. The fourth-order valence-electron chi connectivity index (χ4n) is 2.02. The molecule has 0 unspecified atom stereocenters. The minimum atomic E-state index is -0.676. The Hall–Kier alpha value is -2.06. The van der Waals surface area contributed by atoms with Crippen molar-refractivity contribution >= 4 is 6.08 Å². The van der Waals surface area contributed by atoms with Crippen LogP contribution in [0.1, 0.15) is 31.9 Å². The fourth-order valence-corrected chi connectivity index (χ4v) is 2.02. The number of ether oxygens (including phenoxy) is 2. The van der Waals surface area contributed by atoms with Gasteiger partial charge in [0.2, 0.25) is 5.79 Å². The van der Waals surface area contributed by atoms with Crippen LogP contribution in [0.3, 0.4) is 0 Å². The van der Waals surface area contributed by atoms with Gasteiger partial charge in [-0.15, -0.1) is 0 Å². The summed E-state index contributed by atoms with van der Waals surface area (Å²) in [5, 5.41) is 0. The summed E-state index contributed by atoms with van der Waals surface area (Å²) in [5.41, 5.74) is 2.26. The Morgan fingerprint density at radius 1 is 1.00 bits per heavy atom. The van der Waals surface area contributed by atoms with Crippen LogP contribution in [0.25, 0.3) is 6.08 Å². The van der Waals surface area contributed by atoms with Crippen molar-refractivity contribution in [3.8, 4) is 5.75 Å². The van der Waals surface area contributed by atoms with Crippen LogP contribution in [0.2, 0.25) is 0 Å². The van der Waals surface area contributed by atoms with Crippen molar-refractivity contribution in [3.63, 3.8) is 0 Å². The molecule has 0 N–H and O–H groups in total. The molecule has 0 bridgehead atoms. The summed E-state index contributed by atoms with van der Waals surface area (Å²) < 4.78 is 11.8. The molecule has 2 aromatic carbocycles. The van der Waals surface area contributed by atoms with Gasteiger partial charge in [0.25, 0.3) is 0 Å². The summed E-state index contributed by atoms with van der Waals surface area (Å²) in [7, 11) is 0. The summed E-state index contributed by atoms with van der Waals surface area (Å²) in [5.74, 6) is 0.133. The maximum absolute atomic E-state index is 5.95. The van der Waals surface area contributed by atoms with Crippen LogP contribution in [0.4, 0.5) is 0 Å². The number of allylic oxidation sites excluding steroid dienone is 1. The molecule has 0 radical (unpaired) electrons. The number of hydrogen-bond donors (Lipinski definition) is 0. The first-order valence-corrected chi connectivity index (χ1v) is 7.19. The van der Waals surface area contributed by atoms with Crippen LogP contribution in [0, 0.1) is 0 Å². The van der Waals surface area contributed by atoms with E-state index in [1.54, 1.807) is 0 Å². The molecule has 21 heavy (non-hydrogen) atoms. The van der Waals surface area contributed by atoms with E-state index in [9.17, 15) is 0 Å². The van der Waals surface area contributed by atoms with Crippen molar-refractivity contribution in [2.75, 3.05) is 0 Å². The van der Waals surface area contributed by atoms with E-state index in [1.165, 1.54) is 0 Å². The van der Waals surface area contributed by atoms with Crippen molar-refractivity contribution in [1.82, 2.24) is 0 Å². The fraction of sp³-hybridized carbons (Fsp3) is 0.263. The SMILES string of the molecule is CC=Cc1cccc(OC(C)(C)OCc2ccccc2)c1. The summed E-state index contributed by atoms with van der Waals surface area (Å²) in [6, 6.07) is 18.1. The molecule has 2 heteroatoms. The molecule has 0 aliphatic carbocycles. The third-order valence-corrected chi connectivity index (χ3v) is 3.01. The van der Waals surface area contributed by atoms with Crippen molar-refractivity contribution in [1.29, 1.82) is 0 Å². The van der Waals surface area contributed by atoms with E-state index in [2.05, 4.69) is 0 Å². The molecule has 2 aromatic rings. The second-order valence-corrected chi connectivity index (χ2v) is 5.35. The lowest BCUT2D eigenvalue weighted by atomic mass is 10.2. The molecule has 0 aromatic heterocycles. The van der Waals surface area contributed by atoms with Gasteiger partial charge in [-0.1, -0.05) is 54.6 Å². The summed E-state index contributed by atoms with van der Waals surface area (Å²) >= 11 is 0. The minimum Gasteiger partial charge on any atom is -0.463 e. The van der Waals surface area contributed by atoms with Gasteiger partial charge in [-0.05, 0) is 30.2 Å². The predicted molar refractivity (Wildman–Crippen MR) is 87.1 cm³/mol. The molecule has 2 rings (SSSR count). The molecule has 0 saturated carbocycles. The zero-order valence-electron chi connectivity index (χ0n) is 12.9. The lowest BCUT2D eigenvalue weighted by molar-refractivity contribution is -0.164. The zero-order chi connectivity index (χ0) is 15.1. The van der Waals surface area contributed by atoms with Crippen LogP contribution in [0.15, 0.2) is 60.7 Å². The first kappa shape index (κ1) is 15.3. The molecular formula is C19H22O2. The lowest BCUT2D eigenvalue weighted by Gasteiger charge is -2.27. The Balaban J connectivity index is 1.98. The Morgan fingerprint density at radius 2 is 1.76 bits per heavy atom. The van der Waals surface area contributed by atoms with Gasteiger partial charge in [0.15, 0.2) is 0 Å². The van der Waals surface area contributed by atoms with E-state index in [1.807, 2.05) is 87.5 Å². The van der Waals surface area contributed by atoms with Gasteiger partial charge in [-0.2, -0.15) is 0 Å². The first-order chi connectivity index (χ1) is 10.1. The van der Waals surface area contributed by atoms with E-state index in [4.69, 9.17) is 9.47 Å². The van der Waals surface area contributed by atoms with Crippen LogP contribution in [0.5, 0.6) is 5.75 Å². The maximum atomic E-state index is 5.95. The first-order valence-electron chi connectivity index (χ1n) is 7.19. The average Bonchev–Trinajstić information content (AvgIpc) is 2.47. The van der Waals surface area contributed by atoms with E-state index in [0.717, 1.165) is 16.9 Å². The average molecular weight is 282 g/mol. The highest BCUT2D eigenvalue weighted by molar-refractivity contribution is 5.51. The minimum absolute atomic E-state index is 0.530. The van der Waals surface area contributed by atoms with Gasteiger partial charge in [0.1, 0.15) is 5.75 Å². The van der Waals surface area contributed by atoms with Crippen LogP contribution < -0.4 is 4.74 Å². The summed E-state index contributed by atoms with van der Waals surface area (Å²) in [6.45, 7) is 6.39. The van der Waals surface area contributed by atoms with Crippen LogP contribution >= 0.6 is 0 Å². The molecule has 2 nitrogen and oxygen atoms in total. The van der Waals surface area contributed by atoms with Crippen molar-refractivity contribution < 1.29 is 9.47 Å². The Morgan fingerprint density at radius 3 is 2.48 bits per heavy atom. The largest absolute Gasteiger partial charge is 0.463 e. The molecule has 0 fully saturated rings. The zero-order valence-corrected chi connectivity index (χ0v) is 12.9. The summed E-state index contributed by atoms with van der Waals surface area (Å²) in [6.07, 6.45) is 4.06. The van der Waals surface area contributed by atoms with Gasteiger partial charge in [0.05, 0.1) is 6.61 Å². The number of rotatable bonds is 6. The number of hydrogen-bond acceptors (Lipinski definition) is 2. The lowest BCUT2D eigenvalue weighted by Crippen LogP contribution is -2.31. The molecular weight excluding hydrogens is 260 g/mol. The van der Waals surface area contributed by atoms with E-state index in [0.29, 0.717) is 6.61 Å². The Labute approximate surface area is 127 Å². The molecule has 0 aliphatic heterocycles. The molecule has 0 spiro atoms. The third kappa shape index (κ3) is 5.09. The molecule has 0 aliphatic rings. The predicted octanol–water partition coefficient (Wildman–Crippen LogP) is 5.05. The molecule has 110 valence electrons. The highest BCUT2D eigenvalue weighted by Crippen LogP contribution is 2.22. The monoisotopic (exact) mass is 282 g/mol. The number of benzene rings is 2. The van der Waals surface area contributed by atoms with Gasteiger partial charge < -0.3 is 9.47 Å². The van der Waals surface area contributed by atoms with E-state index >= 15 is 0 Å². The van der Waals surface area contributed by atoms with Crippen molar-refractivity contribution in [2.45, 2.75) is 33.2 Å². The van der Waals surface area contributed by atoms with E-state index < -0.39 is 5.79 Å². The maximum Gasteiger partial charge on any atom is 0.205 e. The van der Waals surface area contributed by atoms with Gasteiger partial charge >= 0.3 is 0 Å². The normalized spacial score (nSPS) is 11.8. The highest BCUT2D eigenvalue weighted by Gasteiger charge is 2.20. The van der Waals surface area contributed by atoms with E-state index in [-0.39, 0.29) is 0 Å². The van der Waals surface area contributed by atoms with Crippen LogP contribution in [-0.2, 0) is 11.3 Å². The molecule has 0 amide bonds. The smallest absolute Gasteiger partial charge is 0.205 e. The highest BCUT2D eigenvalue weighted by atomic mass is 16.7. The topological polar surface area (TPSA) is 18.5 Å². The van der Waals surface area contributed by atoms with Crippen LogP contribution in [-0.4, -0.2) is 5.79 Å². The van der Waals surface area contributed by atoms with Gasteiger partial charge in [0, 0.05) is 13.8 Å². The quantitative estimate of drug-likeness (QED) is 0.690. The van der Waals surface area contributed by atoms with Crippen molar-refractivity contribution in [3.05, 3.63) is 71.8 Å². The Bertz CT molecular complexity index is 586. The van der Waals surface area contributed by atoms with Gasteiger partial charge in [-0.3, -0.25) is 0 Å². The molecule has 0 saturated heterocycles. The summed E-state index contributed by atoms with van der Waals surface area (Å²) in [4.78, 5) is 0. The third-order valence-electron chi connectivity index (χ3n) is 3.01. The second kappa shape index (κ2) is 7.09. The molecule has 0 heterocycles. The van der Waals surface area contributed by atoms with Gasteiger partial charge in [-0.25, -0.2) is 0 Å². The Kier molecular flexibility index (Phi) is 5.18. The second-order valence-electron chi connectivity index (χ2n) is 5.35. The van der Waals surface area contributed by atoms with Crippen molar-refractivity contribution in [2.24, 2.45) is 0 Å². The standard InChI is InChI=1S/C19H22O2/c1-4-9-16-12-8-13-18(14-16)21-19(2,3)20-15-17-10-6-5-7-11-17/h4-14H,15H2,1-3H3.